The van der Waals surface area contributed by atoms with E-state index in [0.29, 0.717) is 0 Å². The first-order chi connectivity index (χ1) is 22.2. The number of benzene rings is 7. The Kier molecular flexibility index (Phi) is 5.99. The lowest BCUT2D eigenvalue weighted by atomic mass is 10.0. The van der Waals surface area contributed by atoms with E-state index >= 15 is 0 Å². The summed E-state index contributed by atoms with van der Waals surface area (Å²) >= 11 is 6.61. The molecular weight excluding hydrogens is 584 g/mol. The van der Waals surface area contributed by atoms with E-state index in [2.05, 4.69) is 168 Å². The van der Waals surface area contributed by atoms with Crippen LogP contribution in [0.3, 0.4) is 0 Å². The minimum absolute atomic E-state index is 0.995. The maximum atomic E-state index is 6.61. The maximum absolute atomic E-state index is 6.61. The van der Waals surface area contributed by atoms with E-state index in [1.54, 1.807) is 0 Å². The Hall–Kier alpha value is -5.08. The Balaban J connectivity index is 1.19. The third kappa shape index (κ3) is 4.09. The van der Waals surface area contributed by atoms with Crippen molar-refractivity contribution in [2.45, 2.75) is 0 Å². The van der Waals surface area contributed by atoms with Crippen LogP contribution in [-0.2, 0) is 11.8 Å². The number of aromatic nitrogens is 2. The lowest BCUT2D eigenvalue weighted by Gasteiger charge is -2.24. The predicted octanol–water partition coefficient (Wildman–Crippen LogP) is 9.37. The molecule has 0 aliphatic heterocycles. The number of imidazole rings is 1. The predicted molar refractivity (Wildman–Crippen MR) is 197 cm³/mol. The number of hydrogen-bond donors (Lipinski definition) is 0. The quantitative estimate of drug-likeness (QED) is 0.146. The van der Waals surface area contributed by atoms with E-state index in [0.717, 1.165) is 16.7 Å². The summed E-state index contributed by atoms with van der Waals surface area (Å²) in [5.74, 6) is 0. The van der Waals surface area contributed by atoms with Gasteiger partial charge in [0.25, 0.3) is 0 Å². The van der Waals surface area contributed by atoms with E-state index in [-0.39, 0.29) is 0 Å². The molecule has 0 spiro atoms. The van der Waals surface area contributed by atoms with Crippen molar-refractivity contribution in [1.29, 1.82) is 0 Å². The van der Waals surface area contributed by atoms with E-state index < -0.39 is 6.04 Å². The van der Waals surface area contributed by atoms with Crippen LogP contribution in [0, 0.1) is 0 Å². The van der Waals surface area contributed by atoms with Gasteiger partial charge in [0.1, 0.15) is 5.65 Å². The molecule has 0 saturated carbocycles. The fraction of sp³-hybridized carbons (Fsp3) is 0. The van der Waals surface area contributed by atoms with Gasteiger partial charge in [0.15, 0.2) is 0 Å². The topological polar surface area (TPSA) is 17.3 Å². The molecule has 0 aliphatic carbocycles. The fourth-order valence-corrected chi connectivity index (χ4v) is 10.6. The van der Waals surface area contributed by atoms with Crippen LogP contribution in [0.5, 0.6) is 0 Å². The van der Waals surface area contributed by atoms with E-state index in [9.17, 15) is 0 Å². The minimum atomic E-state index is -2.21. The molecule has 0 atom stereocenters. The van der Waals surface area contributed by atoms with Gasteiger partial charge in [-0.1, -0.05) is 145 Å². The zero-order valence-electron chi connectivity index (χ0n) is 24.3. The molecule has 45 heavy (non-hydrogen) atoms. The smallest absolute Gasteiger partial charge is 0.146 e. The van der Waals surface area contributed by atoms with Gasteiger partial charge < -0.3 is 0 Å². The lowest BCUT2D eigenvalue weighted by Crippen LogP contribution is -2.24. The molecular formula is C41H27N2PS. The van der Waals surface area contributed by atoms with Gasteiger partial charge in [-0.25, -0.2) is 4.98 Å². The van der Waals surface area contributed by atoms with Crippen LogP contribution >= 0.6 is 6.04 Å². The van der Waals surface area contributed by atoms with Gasteiger partial charge in [0.05, 0.1) is 16.6 Å². The Bertz CT molecular complexity index is 2580. The van der Waals surface area contributed by atoms with Crippen molar-refractivity contribution in [2.24, 2.45) is 0 Å². The van der Waals surface area contributed by atoms with Crippen molar-refractivity contribution in [3.63, 3.8) is 0 Å². The van der Waals surface area contributed by atoms with Crippen LogP contribution in [0.1, 0.15) is 0 Å². The molecule has 2 aromatic heterocycles. The second kappa shape index (κ2) is 10.2. The zero-order valence-corrected chi connectivity index (χ0v) is 26.0. The second-order valence-corrected chi connectivity index (χ2v) is 16.0. The van der Waals surface area contributed by atoms with Crippen molar-refractivity contribution in [3.05, 3.63) is 164 Å². The molecule has 0 aliphatic rings. The van der Waals surface area contributed by atoms with Crippen LogP contribution in [0.25, 0.3) is 60.3 Å². The SMILES string of the molecule is S=P(c1ccccc1)(c1ccccc1)c1ccc2cc(-c3ccc4nc5c6ccccc6c6ccccc6n5c4c3)ccc2c1. The highest BCUT2D eigenvalue weighted by Crippen LogP contribution is 2.43. The number of fused-ring (bicyclic) bond motifs is 9. The van der Waals surface area contributed by atoms with Crippen molar-refractivity contribution < 1.29 is 0 Å². The summed E-state index contributed by atoms with van der Waals surface area (Å²) in [6.45, 7) is 0. The van der Waals surface area contributed by atoms with Gasteiger partial charge in [0.2, 0.25) is 0 Å². The normalized spacial score (nSPS) is 12.1. The summed E-state index contributed by atoms with van der Waals surface area (Å²) < 4.78 is 2.32. The van der Waals surface area contributed by atoms with Gasteiger partial charge in [0, 0.05) is 16.8 Å². The first kappa shape index (κ1) is 26.3. The molecule has 2 nitrogen and oxygen atoms in total. The molecule has 0 amide bonds. The maximum Gasteiger partial charge on any atom is 0.146 e. The molecule has 9 aromatic rings. The van der Waals surface area contributed by atoms with E-state index in [1.165, 1.54) is 59.5 Å². The average Bonchev–Trinajstić information content (AvgIpc) is 3.51. The van der Waals surface area contributed by atoms with Gasteiger partial charge in [-0.05, 0) is 73.5 Å². The fourth-order valence-electron chi connectivity index (χ4n) is 6.82. The first-order valence-corrected chi connectivity index (χ1v) is 18.0. The highest BCUT2D eigenvalue weighted by Gasteiger charge is 2.25. The van der Waals surface area contributed by atoms with Gasteiger partial charge in [-0.2, -0.15) is 0 Å². The third-order valence-corrected chi connectivity index (χ3v) is 14.0. The van der Waals surface area contributed by atoms with Crippen LogP contribution in [0.4, 0.5) is 0 Å². The number of rotatable bonds is 4. The number of para-hydroxylation sites is 1. The summed E-state index contributed by atoms with van der Waals surface area (Å²) in [6, 6.07) is 56.5. The minimum Gasteiger partial charge on any atom is -0.292 e. The van der Waals surface area contributed by atoms with Crippen LogP contribution < -0.4 is 15.9 Å². The Morgan fingerprint density at radius 3 is 1.78 bits per heavy atom. The standard InChI is InChI=1S/C41H27N2PS/c45-44(32-11-3-1-4-12-32,33-13-5-2-6-14-33)34-23-21-29-25-28(19-20-30(29)26-34)31-22-24-38-40(27-31)43-39-18-10-9-16-36(39)35-15-7-8-17-37(35)41(43)42-38/h1-27H. The molecule has 0 unspecified atom stereocenters. The number of hydrogen-bond acceptors (Lipinski definition) is 2. The third-order valence-electron chi connectivity index (χ3n) is 9.02. The second-order valence-electron chi connectivity index (χ2n) is 11.6. The molecule has 4 heteroatoms. The zero-order chi connectivity index (χ0) is 30.0. The Morgan fingerprint density at radius 1 is 0.444 bits per heavy atom. The Morgan fingerprint density at radius 2 is 1.02 bits per heavy atom. The van der Waals surface area contributed by atoms with Crippen molar-refractivity contribution in [3.8, 4) is 11.1 Å². The molecule has 0 fully saturated rings. The molecule has 2 heterocycles. The largest absolute Gasteiger partial charge is 0.292 e. The Labute approximate surface area is 266 Å². The van der Waals surface area contributed by atoms with Crippen molar-refractivity contribution in [2.75, 3.05) is 0 Å². The number of nitrogens with zero attached hydrogens (tertiary/aromatic N) is 2. The highest BCUT2D eigenvalue weighted by atomic mass is 32.4. The monoisotopic (exact) mass is 610 g/mol. The lowest BCUT2D eigenvalue weighted by molar-refractivity contribution is 1.31. The summed E-state index contributed by atoms with van der Waals surface area (Å²) in [7, 11) is 0. The van der Waals surface area contributed by atoms with Crippen molar-refractivity contribution in [1.82, 2.24) is 9.38 Å². The molecule has 0 bridgehead atoms. The molecule has 0 N–H and O–H groups in total. The summed E-state index contributed by atoms with van der Waals surface area (Å²) in [5.41, 5.74) is 6.64. The average molecular weight is 611 g/mol. The first-order valence-electron chi connectivity index (χ1n) is 15.2. The van der Waals surface area contributed by atoms with E-state index in [1.807, 2.05) is 0 Å². The number of pyridine rings is 1. The summed E-state index contributed by atoms with van der Waals surface area (Å²) in [5, 5.41) is 9.67. The van der Waals surface area contributed by atoms with Crippen LogP contribution in [0.2, 0.25) is 0 Å². The molecule has 0 saturated heterocycles. The molecule has 9 rings (SSSR count). The highest BCUT2D eigenvalue weighted by molar-refractivity contribution is 8.25. The van der Waals surface area contributed by atoms with Crippen molar-refractivity contribution >= 4 is 82.9 Å². The molecule has 0 radical (unpaired) electrons. The summed E-state index contributed by atoms with van der Waals surface area (Å²) in [4.78, 5) is 5.12. The van der Waals surface area contributed by atoms with Gasteiger partial charge in [-0.15, -0.1) is 0 Å². The summed E-state index contributed by atoms with van der Waals surface area (Å²) in [6.07, 6.45) is 0. The van der Waals surface area contributed by atoms with Gasteiger partial charge >= 0.3 is 0 Å². The van der Waals surface area contributed by atoms with Crippen LogP contribution in [0.15, 0.2) is 164 Å². The van der Waals surface area contributed by atoms with Gasteiger partial charge in [-0.3, -0.25) is 4.40 Å². The van der Waals surface area contributed by atoms with E-state index in [4.69, 9.17) is 16.8 Å². The molecule has 7 aromatic carbocycles. The molecule has 212 valence electrons. The van der Waals surface area contributed by atoms with Crippen LogP contribution in [-0.4, -0.2) is 9.38 Å².